The van der Waals surface area contributed by atoms with E-state index in [9.17, 15) is 4.79 Å². The molecule has 2 N–H and O–H groups in total. The zero-order valence-electron chi connectivity index (χ0n) is 13.6. The van der Waals surface area contributed by atoms with Crippen LogP contribution in [-0.4, -0.2) is 16.8 Å². The summed E-state index contributed by atoms with van der Waals surface area (Å²) in [6.45, 7) is 4.62. The van der Waals surface area contributed by atoms with Crippen molar-refractivity contribution in [3.63, 3.8) is 0 Å². The Morgan fingerprint density at radius 3 is 2.57 bits per heavy atom. The van der Waals surface area contributed by atoms with Gasteiger partial charge in [-0.15, -0.1) is 0 Å². The maximum Gasteiger partial charge on any atom is 0.223 e. The number of hydrogen-bond acceptors (Lipinski definition) is 2. The standard InChI is InChI=1S/C19H23ClN2O/c1-14(2)22(13-15-6-5-8-17(20)12-15)19(23)11-10-16-7-3-4-9-18(16)21/h3-9,12,14H,10-11,13,21H2,1-2H3. The summed E-state index contributed by atoms with van der Waals surface area (Å²) in [7, 11) is 0. The lowest BCUT2D eigenvalue weighted by Gasteiger charge is -2.27. The van der Waals surface area contributed by atoms with E-state index in [4.69, 9.17) is 17.3 Å². The summed E-state index contributed by atoms with van der Waals surface area (Å²) in [4.78, 5) is 14.5. The molecule has 4 heteroatoms. The lowest BCUT2D eigenvalue weighted by Crippen LogP contribution is -2.36. The van der Waals surface area contributed by atoms with Crippen LogP contribution in [0, 0.1) is 0 Å². The number of hydrogen-bond donors (Lipinski definition) is 1. The molecule has 0 radical (unpaired) electrons. The van der Waals surface area contributed by atoms with E-state index in [1.54, 1.807) is 0 Å². The summed E-state index contributed by atoms with van der Waals surface area (Å²) < 4.78 is 0. The first kappa shape index (κ1) is 17.4. The van der Waals surface area contributed by atoms with Gasteiger partial charge in [-0.1, -0.05) is 41.9 Å². The fraction of sp³-hybridized carbons (Fsp3) is 0.316. The summed E-state index contributed by atoms with van der Waals surface area (Å²) in [5, 5.41) is 0.690. The van der Waals surface area contributed by atoms with Crippen LogP contribution < -0.4 is 5.73 Å². The van der Waals surface area contributed by atoms with E-state index in [1.165, 1.54) is 0 Å². The van der Waals surface area contributed by atoms with Crippen molar-refractivity contribution in [2.75, 3.05) is 5.73 Å². The monoisotopic (exact) mass is 330 g/mol. The van der Waals surface area contributed by atoms with Crippen LogP contribution in [0.2, 0.25) is 5.02 Å². The van der Waals surface area contributed by atoms with E-state index >= 15 is 0 Å². The molecule has 0 spiro atoms. The average molecular weight is 331 g/mol. The summed E-state index contributed by atoms with van der Waals surface area (Å²) in [6, 6.07) is 15.5. The van der Waals surface area contributed by atoms with Crippen molar-refractivity contribution in [1.29, 1.82) is 0 Å². The predicted octanol–water partition coefficient (Wildman–Crippen LogP) is 4.29. The first-order chi connectivity index (χ1) is 11.0. The molecule has 0 aliphatic heterocycles. The van der Waals surface area contributed by atoms with Gasteiger partial charge in [0, 0.05) is 29.7 Å². The summed E-state index contributed by atoms with van der Waals surface area (Å²) >= 11 is 6.03. The Kier molecular flexibility index (Phi) is 6.05. The van der Waals surface area contributed by atoms with Crippen LogP contribution in [0.1, 0.15) is 31.4 Å². The SMILES string of the molecule is CC(C)N(Cc1cccc(Cl)c1)C(=O)CCc1ccccc1N. The zero-order valence-corrected chi connectivity index (χ0v) is 14.4. The number of benzene rings is 2. The molecule has 0 unspecified atom stereocenters. The molecule has 1 amide bonds. The Balaban J connectivity index is 2.02. The number of nitrogens with two attached hydrogens (primary N) is 1. The minimum atomic E-state index is 0.128. The Labute approximate surface area is 143 Å². The Morgan fingerprint density at radius 1 is 1.17 bits per heavy atom. The normalized spacial score (nSPS) is 10.8. The van der Waals surface area contributed by atoms with Gasteiger partial charge >= 0.3 is 0 Å². The van der Waals surface area contributed by atoms with Crippen LogP contribution in [0.5, 0.6) is 0 Å². The maximum atomic E-state index is 12.6. The highest BCUT2D eigenvalue weighted by Crippen LogP contribution is 2.17. The number of halogens is 1. The highest BCUT2D eigenvalue weighted by molar-refractivity contribution is 6.30. The maximum absolute atomic E-state index is 12.6. The molecular formula is C19H23ClN2O. The van der Waals surface area contributed by atoms with Crippen LogP contribution in [0.3, 0.4) is 0 Å². The third-order valence-corrected chi connectivity index (χ3v) is 4.08. The van der Waals surface area contributed by atoms with Crippen molar-refractivity contribution < 1.29 is 4.79 Å². The van der Waals surface area contributed by atoms with Gasteiger partial charge < -0.3 is 10.6 Å². The van der Waals surface area contributed by atoms with Crippen LogP contribution in [0.25, 0.3) is 0 Å². The van der Waals surface area contributed by atoms with Gasteiger partial charge in [-0.05, 0) is 49.6 Å². The number of aryl methyl sites for hydroxylation is 1. The van der Waals surface area contributed by atoms with E-state index in [2.05, 4.69) is 0 Å². The zero-order chi connectivity index (χ0) is 16.8. The van der Waals surface area contributed by atoms with E-state index in [0.29, 0.717) is 24.4 Å². The Hall–Kier alpha value is -2.00. The molecule has 2 aromatic rings. The van der Waals surface area contributed by atoms with Crippen molar-refractivity contribution in [1.82, 2.24) is 4.90 Å². The lowest BCUT2D eigenvalue weighted by atomic mass is 10.1. The highest BCUT2D eigenvalue weighted by atomic mass is 35.5. The van der Waals surface area contributed by atoms with Gasteiger partial charge in [-0.3, -0.25) is 4.79 Å². The van der Waals surface area contributed by atoms with Gasteiger partial charge in [0.15, 0.2) is 0 Å². The molecule has 0 aromatic heterocycles. The smallest absolute Gasteiger partial charge is 0.223 e. The molecule has 0 aliphatic carbocycles. The van der Waals surface area contributed by atoms with Crippen molar-refractivity contribution in [3.8, 4) is 0 Å². The number of nitrogens with zero attached hydrogens (tertiary/aromatic N) is 1. The molecular weight excluding hydrogens is 308 g/mol. The molecule has 0 aliphatic rings. The molecule has 2 aromatic carbocycles. The molecule has 3 nitrogen and oxygen atoms in total. The molecule has 0 heterocycles. The molecule has 23 heavy (non-hydrogen) atoms. The number of nitrogen functional groups attached to an aromatic ring is 1. The quantitative estimate of drug-likeness (QED) is 0.803. The van der Waals surface area contributed by atoms with E-state index in [-0.39, 0.29) is 11.9 Å². The van der Waals surface area contributed by atoms with E-state index in [0.717, 1.165) is 16.8 Å². The first-order valence-electron chi connectivity index (χ1n) is 7.84. The third-order valence-electron chi connectivity index (χ3n) is 3.85. The minimum absolute atomic E-state index is 0.128. The van der Waals surface area contributed by atoms with Gasteiger partial charge in [0.2, 0.25) is 5.91 Å². The fourth-order valence-corrected chi connectivity index (χ4v) is 2.75. The topological polar surface area (TPSA) is 46.3 Å². The molecule has 0 bridgehead atoms. The first-order valence-corrected chi connectivity index (χ1v) is 8.22. The molecule has 0 saturated carbocycles. The second-order valence-electron chi connectivity index (χ2n) is 5.94. The number of para-hydroxylation sites is 1. The Bertz CT molecular complexity index is 670. The van der Waals surface area contributed by atoms with Crippen LogP contribution in [-0.2, 0) is 17.8 Å². The van der Waals surface area contributed by atoms with Crippen LogP contribution >= 0.6 is 11.6 Å². The van der Waals surface area contributed by atoms with Gasteiger partial charge in [-0.25, -0.2) is 0 Å². The number of carbonyl (C=O) groups is 1. The van der Waals surface area contributed by atoms with Gasteiger partial charge in [0.1, 0.15) is 0 Å². The van der Waals surface area contributed by atoms with Crippen LogP contribution in [0.4, 0.5) is 5.69 Å². The summed E-state index contributed by atoms with van der Waals surface area (Å²) in [6.07, 6.45) is 1.11. The average Bonchev–Trinajstić information content (AvgIpc) is 2.51. The fourth-order valence-electron chi connectivity index (χ4n) is 2.54. The number of amides is 1. The predicted molar refractivity (Wildman–Crippen MR) is 96.3 cm³/mol. The van der Waals surface area contributed by atoms with Crippen molar-refractivity contribution in [2.24, 2.45) is 0 Å². The molecule has 0 saturated heterocycles. The van der Waals surface area contributed by atoms with Gasteiger partial charge in [0.25, 0.3) is 0 Å². The van der Waals surface area contributed by atoms with Gasteiger partial charge in [0.05, 0.1) is 0 Å². The van der Waals surface area contributed by atoms with E-state index in [1.807, 2.05) is 67.3 Å². The van der Waals surface area contributed by atoms with Crippen molar-refractivity contribution >= 4 is 23.2 Å². The van der Waals surface area contributed by atoms with Crippen molar-refractivity contribution in [2.45, 2.75) is 39.3 Å². The summed E-state index contributed by atoms with van der Waals surface area (Å²) in [5.74, 6) is 0.128. The van der Waals surface area contributed by atoms with Crippen LogP contribution in [0.15, 0.2) is 48.5 Å². The third kappa shape index (κ3) is 5.00. The lowest BCUT2D eigenvalue weighted by molar-refractivity contribution is -0.133. The summed E-state index contributed by atoms with van der Waals surface area (Å²) in [5.41, 5.74) is 8.75. The van der Waals surface area contributed by atoms with E-state index < -0.39 is 0 Å². The minimum Gasteiger partial charge on any atom is -0.399 e. The molecule has 2 rings (SSSR count). The van der Waals surface area contributed by atoms with Gasteiger partial charge in [-0.2, -0.15) is 0 Å². The molecule has 122 valence electrons. The number of anilines is 1. The molecule has 0 atom stereocenters. The largest absolute Gasteiger partial charge is 0.399 e. The second-order valence-corrected chi connectivity index (χ2v) is 6.38. The molecule has 0 fully saturated rings. The number of carbonyl (C=O) groups excluding carboxylic acids is 1. The second kappa shape index (κ2) is 8.02. The number of rotatable bonds is 6. The Morgan fingerprint density at radius 2 is 1.91 bits per heavy atom. The highest BCUT2D eigenvalue weighted by Gasteiger charge is 2.17. The van der Waals surface area contributed by atoms with Crippen molar-refractivity contribution in [3.05, 3.63) is 64.7 Å².